The van der Waals surface area contributed by atoms with Gasteiger partial charge in [-0.25, -0.2) is 0 Å². The van der Waals surface area contributed by atoms with Crippen molar-refractivity contribution in [3.05, 3.63) is 30.3 Å². The number of hydrogen-bond acceptors (Lipinski definition) is 0. The van der Waals surface area contributed by atoms with Crippen LogP contribution in [0.2, 0.25) is 3.54 Å². The third-order valence-corrected chi connectivity index (χ3v) is 3.52. The molecule has 0 atom stereocenters. The smallest absolute Gasteiger partial charge is 0.173 e. The monoisotopic (exact) mass is 158 g/mol. The van der Waals surface area contributed by atoms with E-state index in [-0.39, 0.29) is 20.4 Å². The first-order chi connectivity index (χ1) is 5.08. The van der Waals surface area contributed by atoms with E-state index in [1.54, 1.807) is 3.69 Å². The fourth-order valence-corrected chi connectivity index (χ4v) is 2.94. The van der Waals surface area contributed by atoms with Gasteiger partial charge in [0.05, 0.1) is 0 Å². The summed E-state index contributed by atoms with van der Waals surface area (Å²) < 4.78 is 2.11. The minimum atomic E-state index is -0.0731. The fraction of sp³-hybridized carbons (Fsp3) is 0.400. The van der Waals surface area contributed by atoms with Crippen LogP contribution in [0.25, 0.3) is 0 Å². The lowest BCUT2D eigenvalue weighted by molar-refractivity contribution is 0.759. The Hall–Kier alpha value is -0.0138. The van der Waals surface area contributed by atoms with Gasteiger partial charge in [0.25, 0.3) is 0 Å². The van der Waals surface area contributed by atoms with Crippen LogP contribution in [0.5, 0.6) is 0 Å². The van der Waals surface area contributed by atoms with Crippen LogP contribution >= 0.6 is 0 Å². The summed E-state index contributed by atoms with van der Waals surface area (Å²) in [5, 5.41) is 0. The molecule has 0 aromatic heterocycles. The van der Waals surface area contributed by atoms with E-state index in [2.05, 4.69) is 51.1 Å². The highest BCUT2D eigenvalue weighted by Gasteiger charge is 2.15. The molecule has 0 amide bonds. The first kappa shape index (κ1) is 9.08. The first-order valence-corrected chi connectivity index (χ1v) is 5.53. The van der Waals surface area contributed by atoms with Crippen molar-refractivity contribution in [2.45, 2.75) is 24.3 Å². The maximum Gasteiger partial charge on any atom is 0.415 e. The Morgan fingerprint density at radius 1 is 1.00 bits per heavy atom. The Balaban J connectivity index is 2.66. The number of benzene rings is 1. The second-order valence-corrected chi connectivity index (χ2v) is 7.51. The van der Waals surface area contributed by atoms with Crippen molar-refractivity contribution in [2.24, 2.45) is 0 Å². The molecule has 0 N–H and O–H groups in total. The van der Waals surface area contributed by atoms with E-state index in [0.717, 1.165) is 0 Å². The molecule has 0 unspecified atom stereocenters. The zero-order chi connectivity index (χ0) is 8.32. The zero-order valence-corrected chi connectivity index (χ0v) is 9.01. The van der Waals surface area contributed by atoms with Crippen molar-refractivity contribution in [1.29, 1.82) is 0 Å². The molecule has 0 aliphatic rings. The molecule has 1 aromatic carbocycles. The number of rotatable bonds is 1. The Bertz CT molecular complexity index is 208. The predicted molar refractivity (Wildman–Crippen MR) is 51.5 cm³/mol. The molecular weight excluding hydrogens is 144 g/mol. The van der Waals surface area contributed by atoms with E-state index < -0.39 is 0 Å². The van der Waals surface area contributed by atoms with Crippen molar-refractivity contribution < 1.29 is 0 Å². The summed E-state index contributed by atoms with van der Waals surface area (Å²) in [4.78, 5) is 0. The molecule has 0 saturated heterocycles. The van der Waals surface area contributed by atoms with Gasteiger partial charge in [-0.1, -0.05) is 51.1 Å². The van der Waals surface area contributed by atoms with Gasteiger partial charge < -0.3 is 0 Å². The average molecular weight is 159 g/mol. The summed E-state index contributed by atoms with van der Waals surface area (Å²) in [6.07, 6.45) is 0. The Labute approximate surface area is 78.7 Å². The van der Waals surface area contributed by atoms with Gasteiger partial charge >= 0.3 is 20.4 Å². The van der Waals surface area contributed by atoms with Crippen LogP contribution in [-0.4, -0.2) is 20.4 Å². The summed E-state index contributed by atoms with van der Waals surface area (Å²) in [7, 11) is 0. The van der Waals surface area contributed by atoms with Crippen molar-refractivity contribution in [3.63, 3.8) is 0 Å². The third-order valence-electron chi connectivity index (χ3n) is 1.58. The lowest BCUT2D eigenvalue weighted by Gasteiger charge is -2.16. The molecule has 0 spiro atoms. The molecule has 0 heterocycles. The quantitative estimate of drug-likeness (QED) is 0.550. The highest BCUT2D eigenvalue weighted by molar-refractivity contribution is 6.56. The maximum absolute atomic E-state index is 2.33. The Morgan fingerprint density at radius 2 is 1.55 bits per heavy atom. The SMILES string of the molecule is C[C](C)(C)[Mg][c]1ccccc1. The van der Waals surface area contributed by atoms with E-state index in [1.807, 2.05) is 0 Å². The molecule has 0 saturated carbocycles. The van der Waals surface area contributed by atoms with Crippen molar-refractivity contribution >= 4 is 24.1 Å². The average Bonchev–Trinajstić information content (AvgIpc) is 1.85. The molecular formula is C10H14Mg. The largest absolute Gasteiger partial charge is 0.415 e. The van der Waals surface area contributed by atoms with Gasteiger partial charge in [0, 0.05) is 0 Å². The van der Waals surface area contributed by atoms with E-state index in [0.29, 0.717) is 3.54 Å². The molecule has 56 valence electrons. The van der Waals surface area contributed by atoms with Crippen LogP contribution < -0.4 is 3.69 Å². The second kappa shape index (κ2) is 3.59. The van der Waals surface area contributed by atoms with E-state index >= 15 is 0 Å². The highest BCUT2D eigenvalue weighted by Crippen LogP contribution is 2.19. The van der Waals surface area contributed by atoms with E-state index in [9.17, 15) is 0 Å². The summed E-state index contributed by atoms with van der Waals surface area (Å²) in [5.74, 6) is 0. The van der Waals surface area contributed by atoms with Gasteiger partial charge in [-0.05, 0) is 0 Å². The van der Waals surface area contributed by atoms with Gasteiger partial charge in [-0.3, -0.25) is 0 Å². The zero-order valence-electron chi connectivity index (χ0n) is 7.59. The van der Waals surface area contributed by atoms with Crippen LogP contribution in [0, 0.1) is 0 Å². The molecule has 1 heteroatoms. The topological polar surface area (TPSA) is 0 Å². The van der Waals surface area contributed by atoms with Crippen LogP contribution in [0.15, 0.2) is 30.3 Å². The Kier molecular flexibility index (Phi) is 2.96. The molecule has 0 aliphatic heterocycles. The van der Waals surface area contributed by atoms with Gasteiger partial charge in [-0.2, -0.15) is 3.69 Å². The molecule has 0 radical (unpaired) electrons. The van der Waals surface area contributed by atoms with Gasteiger partial charge in [0.2, 0.25) is 0 Å². The van der Waals surface area contributed by atoms with Crippen LogP contribution in [0.4, 0.5) is 0 Å². The van der Waals surface area contributed by atoms with Crippen molar-refractivity contribution in [2.75, 3.05) is 0 Å². The molecule has 1 aromatic rings. The lowest BCUT2D eigenvalue weighted by atomic mass is 10.2. The first-order valence-electron chi connectivity index (χ1n) is 4.12. The minimum Gasteiger partial charge on any atom is -0.173 e. The molecule has 0 bridgehead atoms. The molecule has 1 rings (SSSR count). The maximum atomic E-state index is 2.33. The molecule has 0 nitrogen and oxygen atoms in total. The third kappa shape index (κ3) is 3.78. The molecule has 0 aliphatic carbocycles. The summed E-state index contributed by atoms with van der Waals surface area (Å²) in [6, 6.07) is 10.8. The lowest BCUT2D eigenvalue weighted by Crippen LogP contribution is -2.22. The van der Waals surface area contributed by atoms with Crippen LogP contribution in [0.1, 0.15) is 20.8 Å². The highest BCUT2D eigenvalue weighted by atomic mass is 24.5. The normalized spacial score (nSPS) is 10.8. The summed E-state index contributed by atoms with van der Waals surface area (Å²) in [6.45, 7) is 6.98. The predicted octanol–water partition coefficient (Wildman–Crippen LogP) is 2.23. The van der Waals surface area contributed by atoms with E-state index in [1.165, 1.54) is 0 Å². The minimum absolute atomic E-state index is 0.0731. The summed E-state index contributed by atoms with van der Waals surface area (Å²) in [5.41, 5.74) is 0. The van der Waals surface area contributed by atoms with Crippen LogP contribution in [-0.2, 0) is 0 Å². The van der Waals surface area contributed by atoms with Gasteiger partial charge in [0.1, 0.15) is 0 Å². The van der Waals surface area contributed by atoms with Crippen molar-refractivity contribution in [1.82, 2.24) is 0 Å². The summed E-state index contributed by atoms with van der Waals surface area (Å²) >= 11 is -0.0731. The van der Waals surface area contributed by atoms with Gasteiger partial charge in [0.15, 0.2) is 0 Å². The van der Waals surface area contributed by atoms with Crippen LogP contribution in [0.3, 0.4) is 0 Å². The van der Waals surface area contributed by atoms with E-state index in [4.69, 9.17) is 0 Å². The molecule has 11 heavy (non-hydrogen) atoms. The molecule has 0 fully saturated rings. The second-order valence-electron chi connectivity index (χ2n) is 4.22. The van der Waals surface area contributed by atoms with Gasteiger partial charge in [-0.15, -0.1) is 3.54 Å². The Morgan fingerprint density at radius 3 is 2.00 bits per heavy atom. The number of hydrogen-bond donors (Lipinski definition) is 0. The fourth-order valence-electron chi connectivity index (χ4n) is 1.21. The standard InChI is InChI=1S/C6H5.C4H9.Mg/c1-2-4-6-5-3-1;1-4(2)3;/h1-5H;1-3H3;. The van der Waals surface area contributed by atoms with Crippen molar-refractivity contribution in [3.8, 4) is 0 Å².